The van der Waals surface area contributed by atoms with Crippen LogP contribution in [0.25, 0.3) is 0 Å². The number of rotatable bonds is 3. The summed E-state index contributed by atoms with van der Waals surface area (Å²) in [5, 5.41) is 3.37. The lowest BCUT2D eigenvalue weighted by Crippen LogP contribution is -2.49. The van der Waals surface area contributed by atoms with E-state index in [0.717, 1.165) is 56.8 Å². The van der Waals surface area contributed by atoms with E-state index >= 15 is 0 Å². The Bertz CT molecular complexity index is 648. The summed E-state index contributed by atoms with van der Waals surface area (Å²) in [6, 6.07) is 8.10. The van der Waals surface area contributed by atoms with Gasteiger partial charge in [-0.15, -0.1) is 12.4 Å². The van der Waals surface area contributed by atoms with Gasteiger partial charge in [0.25, 0.3) is 5.91 Å². The van der Waals surface area contributed by atoms with Crippen molar-refractivity contribution in [2.24, 2.45) is 0 Å². The van der Waals surface area contributed by atoms with Crippen molar-refractivity contribution in [1.29, 1.82) is 0 Å². The summed E-state index contributed by atoms with van der Waals surface area (Å²) in [5.41, 5.74) is 1.76. The van der Waals surface area contributed by atoms with E-state index in [-0.39, 0.29) is 30.8 Å². The molecule has 2 saturated heterocycles. The quantitative estimate of drug-likeness (QED) is 0.852. The Morgan fingerprint density at radius 3 is 2.68 bits per heavy atom. The molecule has 3 aliphatic heterocycles. The van der Waals surface area contributed by atoms with E-state index < -0.39 is 0 Å². The predicted octanol–water partition coefficient (Wildman–Crippen LogP) is 0.570. The zero-order valence-corrected chi connectivity index (χ0v) is 15.1. The lowest BCUT2D eigenvalue weighted by molar-refractivity contribution is -0.131. The first-order chi connectivity index (χ1) is 11.7. The van der Waals surface area contributed by atoms with Gasteiger partial charge in [0.2, 0.25) is 5.91 Å². The Hall–Kier alpha value is -1.63. The van der Waals surface area contributed by atoms with Crippen LogP contribution in [-0.4, -0.2) is 78.4 Å². The van der Waals surface area contributed by atoms with E-state index in [1.807, 2.05) is 29.2 Å². The number of benzene rings is 1. The van der Waals surface area contributed by atoms with Crippen LogP contribution in [-0.2, 0) is 11.3 Å². The molecule has 0 bridgehead atoms. The van der Waals surface area contributed by atoms with Crippen molar-refractivity contribution in [2.75, 3.05) is 45.8 Å². The molecule has 7 heteroatoms. The molecule has 0 saturated carbocycles. The van der Waals surface area contributed by atoms with Crippen molar-refractivity contribution in [3.63, 3.8) is 0 Å². The Balaban J connectivity index is 0.00000182. The minimum atomic E-state index is -0.0169. The third-order valence-corrected chi connectivity index (χ3v) is 5.41. The fraction of sp³-hybridized carbons (Fsp3) is 0.556. The van der Waals surface area contributed by atoms with E-state index in [2.05, 4.69) is 10.2 Å². The van der Waals surface area contributed by atoms with Gasteiger partial charge >= 0.3 is 0 Å². The summed E-state index contributed by atoms with van der Waals surface area (Å²) >= 11 is 0. The van der Waals surface area contributed by atoms with E-state index in [1.165, 1.54) is 0 Å². The van der Waals surface area contributed by atoms with Crippen molar-refractivity contribution < 1.29 is 9.59 Å². The van der Waals surface area contributed by atoms with Crippen LogP contribution in [0.15, 0.2) is 24.3 Å². The van der Waals surface area contributed by atoms with Gasteiger partial charge in [0.1, 0.15) is 6.54 Å². The standard InChI is InChI=1S/C18H24N4O2.ClH/c23-17(13-22-11-14-3-1-2-4-16(14)18(22)24)21-8-5-15(12-21)20-9-6-19-7-10-20;/h1-4,15,19H,5-13H2;1H. The lowest BCUT2D eigenvalue weighted by Gasteiger charge is -2.32. The molecule has 0 radical (unpaired) electrons. The second-order valence-electron chi connectivity index (χ2n) is 6.89. The zero-order valence-electron chi connectivity index (χ0n) is 14.3. The summed E-state index contributed by atoms with van der Waals surface area (Å²) in [4.78, 5) is 31.1. The lowest BCUT2D eigenvalue weighted by atomic mass is 10.1. The Kier molecular flexibility index (Phi) is 5.61. The number of piperazine rings is 1. The van der Waals surface area contributed by atoms with Crippen LogP contribution in [0.4, 0.5) is 0 Å². The third kappa shape index (κ3) is 3.66. The van der Waals surface area contributed by atoms with Crippen LogP contribution in [0.5, 0.6) is 0 Å². The molecule has 2 fully saturated rings. The van der Waals surface area contributed by atoms with Gasteiger partial charge in [-0.25, -0.2) is 0 Å². The van der Waals surface area contributed by atoms with Crippen LogP contribution < -0.4 is 5.32 Å². The minimum Gasteiger partial charge on any atom is -0.340 e. The summed E-state index contributed by atoms with van der Waals surface area (Å²) in [5.74, 6) is 0.0607. The Morgan fingerprint density at radius 2 is 1.92 bits per heavy atom. The van der Waals surface area contributed by atoms with E-state index in [9.17, 15) is 9.59 Å². The molecular formula is C18H25ClN4O2. The highest BCUT2D eigenvalue weighted by atomic mass is 35.5. The topological polar surface area (TPSA) is 55.9 Å². The highest BCUT2D eigenvalue weighted by Crippen LogP contribution is 2.23. The number of likely N-dealkylation sites (tertiary alicyclic amines) is 1. The molecule has 0 aliphatic carbocycles. The van der Waals surface area contributed by atoms with Crippen molar-refractivity contribution in [2.45, 2.75) is 19.0 Å². The van der Waals surface area contributed by atoms with Crippen LogP contribution >= 0.6 is 12.4 Å². The maximum Gasteiger partial charge on any atom is 0.254 e. The molecule has 1 atom stereocenters. The van der Waals surface area contributed by atoms with E-state index in [1.54, 1.807) is 4.90 Å². The molecule has 3 aliphatic rings. The fourth-order valence-corrected chi connectivity index (χ4v) is 4.02. The first-order valence-corrected chi connectivity index (χ1v) is 8.82. The number of halogens is 1. The largest absolute Gasteiger partial charge is 0.340 e. The van der Waals surface area contributed by atoms with Crippen molar-refractivity contribution in [3.8, 4) is 0 Å². The number of nitrogens with zero attached hydrogens (tertiary/aromatic N) is 3. The van der Waals surface area contributed by atoms with Gasteiger partial charge in [-0.1, -0.05) is 18.2 Å². The number of amides is 2. The Morgan fingerprint density at radius 1 is 1.16 bits per heavy atom. The van der Waals surface area contributed by atoms with Crippen LogP contribution in [0.3, 0.4) is 0 Å². The molecule has 1 aromatic rings. The molecule has 4 rings (SSSR count). The molecule has 1 N–H and O–H groups in total. The molecule has 1 unspecified atom stereocenters. The highest BCUT2D eigenvalue weighted by Gasteiger charge is 2.34. The number of nitrogens with one attached hydrogen (secondary N) is 1. The van der Waals surface area contributed by atoms with Gasteiger partial charge < -0.3 is 15.1 Å². The van der Waals surface area contributed by atoms with Crippen LogP contribution in [0, 0.1) is 0 Å². The second kappa shape index (κ2) is 7.72. The van der Waals surface area contributed by atoms with E-state index in [0.29, 0.717) is 12.6 Å². The maximum absolute atomic E-state index is 12.6. The van der Waals surface area contributed by atoms with Gasteiger partial charge in [-0.3, -0.25) is 14.5 Å². The maximum atomic E-state index is 12.6. The Labute approximate surface area is 154 Å². The molecule has 2 amide bonds. The summed E-state index contributed by atoms with van der Waals surface area (Å²) in [7, 11) is 0. The fourth-order valence-electron chi connectivity index (χ4n) is 4.02. The monoisotopic (exact) mass is 364 g/mol. The van der Waals surface area contributed by atoms with E-state index in [4.69, 9.17) is 0 Å². The van der Waals surface area contributed by atoms with Gasteiger partial charge in [0, 0.05) is 57.4 Å². The average Bonchev–Trinajstić information content (AvgIpc) is 3.22. The molecule has 3 heterocycles. The number of carbonyl (C=O) groups excluding carboxylic acids is 2. The molecule has 136 valence electrons. The average molecular weight is 365 g/mol. The third-order valence-electron chi connectivity index (χ3n) is 5.41. The molecule has 0 spiro atoms. The number of fused-ring (bicyclic) bond motifs is 1. The van der Waals surface area contributed by atoms with Gasteiger partial charge in [-0.05, 0) is 18.1 Å². The summed E-state index contributed by atoms with van der Waals surface area (Å²) in [6.07, 6.45) is 1.04. The van der Waals surface area contributed by atoms with Gasteiger partial charge in [-0.2, -0.15) is 0 Å². The van der Waals surface area contributed by atoms with Crippen molar-refractivity contribution in [3.05, 3.63) is 35.4 Å². The summed E-state index contributed by atoms with van der Waals surface area (Å²) in [6.45, 7) is 6.54. The number of carbonyl (C=O) groups is 2. The molecule has 6 nitrogen and oxygen atoms in total. The van der Waals surface area contributed by atoms with Crippen molar-refractivity contribution >= 4 is 24.2 Å². The molecular weight excluding hydrogens is 340 g/mol. The van der Waals surface area contributed by atoms with Crippen LogP contribution in [0.2, 0.25) is 0 Å². The molecule has 0 aromatic heterocycles. The minimum absolute atomic E-state index is 0. The normalized spacial score (nSPS) is 23.5. The van der Waals surface area contributed by atoms with Crippen LogP contribution in [0.1, 0.15) is 22.3 Å². The predicted molar refractivity (Wildman–Crippen MR) is 97.9 cm³/mol. The van der Waals surface area contributed by atoms with Gasteiger partial charge in [0.15, 0.2) is 0 Å². The van der Waals surface area contributed by atoms with Gasteiger partial charge in [0.05, 0.1) is 0 Å². The number of hydrogen-bond acceptors (Lipinski definition) is 4. The SMILES string of the molecule is Cl.O=C(CN1Cc2ccccc2C1=O)N1CCC(N2CCNCC2)C1. The first-order valence-electron chi connectivity index (χ1n) is 8.82. The second-order valence-corrected chi connectivity index (χ2v) is 6.89. The number of hydrogen-bond donors (Lipinski definition) is 1. The molecule has 25 heavy (non-hydrogen) atoms. The summed E-state index contributed by atoms with van der Waals surface area (Å²) < 4.78 is 0. The molecule has 1 aromatic carbocycles. The highest BCUT2D eigenvalue weighted by molar-refractivity contribution is 6.00. The van der Waals surface area contributed by atoms with Crippen molar-refractivity contribution in [1.82, 2.24) is 20.0 Å². The smallest absolute Gasteiger partial charge is 0.254 e. The first kappa shape index (κ1) is 18.2. The zero-order chi connectivity index (χ0) is 16.5.